The number of amides is 1. The number of carbonyl (C=O) groups excluding carboxylic acids is 1. The van der Waals surface area contributed by atoms with Crippen molar-refractivity contribution in [2.24, 2.45) is 0 Å². The van der Waals surface area contributed by atoms with E-state index < -0.39 is 4.92 Å². The topological polar surface area (TPSA) is 103 Å². The first-order valence-electron chi connectivity index (χ1n) is 11.1. The van der Waals surface area contributed by atoms with Gasteiger partial charge in [0.25, 0.3) is 5.69 Å². The van der Waals surface area contributed by atoms with Crippen molar-refractivity contribution in [3.8, 4) is 5.75 Å². The van der Waals surface area contributed by atoms with Crippen LogP contribution in [-0.2, 0) is 14.9 Å². The molecule has 1 aliphatic heterocycles. The van der Waals surface area contributed by atoms with Gasteiger partial charge in [0.05, 0.1) is 11.5 Å². The van der Waals surface area contributed by atoms with Crippen LogP contribution in [0.5, 0.6) is 5.75 Å². The summed E-state index contributed by atoms with van der Waals surface area (Å²) in [6.45, 7) is 5.16. The zero-order valence-corrected chi connectivity index (χ0v) is 18.5. The molecule has 0 saturated carbocycles. The molecule has 8 nitrogen and oxygen atoms in total. The summed E-state index contributed by atoms with van der Waals surface area (Å²) in [5.74, 6) is 0.871. The highest BCUT2D eigenvalue weighted by molar-refractivity contribution is 5.76. The van der Waals surface area contributed by atoms with Crippen molar-refractivity contribution in [1.82, 2.24) is 5.32 Å². The number of non-ortho nitro benzene ring substituents is 1. The second-order valence-electron chi connectivity index (χ2n) is 7.96. The molecule has 1 aliphatic rings. The van der Waals surface area contributed by atoms with Gasteiger partial charge in [0, 0.05) is 56.0 Å². The number of rotatable bonds is 11. The Kier molecular flexibility index (Phi) is 8.44. The van der Waals surface area contributed by atoms with Gasteiger partial charge in [-0.15, -0.1) is 0 Å². The van der Waals surface area contributed by atoms with Crippen LogP contribution in [0.2, 0.25) is 0 Å². The number of nitrogens with zero attached hydrogens (tertiary/aromatic N) is 1. The maximum atomic E-state index is 12.5. The highest BCUT2D eigenvalue weighted by Crippen LogP contribution is 2.35. The molecule has 0 bridgehead atoms. The summed E-state index contributed by atoms with van der Waals surface area (Å²) in [6.07, 6.45) is 2.81. The molecule has 3 rings (SSSR count). The maximum absolute atomic E-state index is 12.5. The lowest BCUT2D eigenvalue weighted by molar-refractivity contribution is -0.384. The summed E-state index contributed by atoms with van der Waals surface area (Å²) in [4.78, 5) is 22.7. The normalized spacial score (nSPS) is 15.0. The highest BCUT2D eigenvalue weighted by atomic mass is 16.6. The minimum atomic E-state index is -0.424. The number of hydrogen-bond acceptors (Lipinski definition) is 6. The number of nitro groups is 1. The number of ether oxygens (including phenoxy) is 2. The molecule has 1 heterocycles. The summed E-state index contributed by atoms with van der Waals surface area (Å²) >= 11 is 0. The van der Waals surface area contributed by atoms with Crippen LogP contribution in [0.4, 0.5) is 11.4 Å². The van der Waals surface area contributed by atoms with Crippen LogP contribution in [0.15, 0.2) is 48.5 Å². The lowest BCUT2D eigenvalue weighted by Gasteiger charge is -2.38. The van der Waals surface area contributed by atoms with E-state index in [-0.39, 0.29) is 17.0 Å². The fourth-order valence-corrected chi connectivity index (χ4v) is 3.94. The Morgan fingerprint density at radius 1 is 1.12 bits per heavy atom. The molecule has 0 unspecified atom stereocenters. The predicted molar refractivity (Wildman–Crippen MR) is 123 cm³/mol. The summed E-state index contributed by atoms with van der Waals surface area (Å²) < 4.78 is 11.1. The number of anilines is 1. The van der Waals surface area contributed by atoms with E-state index in [4.69, 9.17) is 9.47 Å². The van der Waals surface area contributed by atoms with E-state index in [1.807, 2.05) is 19.1 Å². The van der Waals surface area contributed by atoms with Crippen LogP contribution >= 0.6 is 0 Å². The largest absolute Gasteiger partial charge is 0.494 e. The Hall–Kier alpha value is -3.13. The maximum Gasteiger partial charge on any atom is 0.269 e. The van der Waals surface area contributed by atoms with E-state index in [1.54, 1.807) is 12.1 Å². The fraction of sp³-hybridized carbons (Fsp3) is 0.458. The van der Waals surface area contributed by atoms with Gasteiger partial charge in [0.2, 0.25) is 5.91 Å². The number of hydrogen-bond donors (Lipinski definition) is 2. The molecular weight excluding hydrogens is 410 g/mol. The molecule has 0 spiro atoms. The van der Waals surface area contributed by atoms with Gasteiger partial charge in [-0.1, -0.05) is 12.1 Å². The molecule has 8 heteroatoms. The standard InChI is InChI=1S/C24H31N3O5/c1-2-32-22-11-5-19(6-12-22)24(13-16-31-17-14-24)18-26-23(28)4-3-15-25-20-7-9-21(10-8-20)27(29)30/h5-12,25H,2-4,13-18H2,1H3,(H,26,28). The zero-order chi connectivity index (χ0) is 22.8. The number of carbonyl (C=O) groups is 1. The van der Waals surface area contributed by atoms with Crippen LogP contribution in [0.25, 0.3) is 0 Å². The first-order chi connectivity index (χ1) is 15.5. The summed E-state index contributed by atoms with van der Waals surface area (Å²) in [5.41, 5.74) is 1.93. The molecule has 0 aliphatic carbocycles. The third kappa shape index (κ3) is 6.43. The monoisotopic (exact) mass is 441 g/mol. The van der Waals surface area contributed by atoms with Crippen LogP contribution in [0, 0.1) is 10.1 Å². The van der Waals surface area contributed by atoms with Gasteiger partial charge in [-0.25, -0.2) is 0 Å². The third-order valence-corrected chi connectivity index (χ3v) is 5.84. The van der Waals surface area contributed by atoms with Gasteiger partial charge in [-0.05, 0) is 56.0 Å². The average Bonchev–Trinajstić information content (AvgIpc) is 2.82. The van der Waals surface area contributed by atoms with Gasteiger partial charge < -0.3 is 20.1 Å². The molecule has 1 fully saturated rings. The first-order valence-corrected chi connectivity index (χ1v) is 11.1. The van der Waals surface area contributed by atoms with Gasteiger partial charge in [0.1, 0.15) is 5.75 Å². The summed E-state index contributed by atoms with van der Waals surface area (Å²) in [6, 6.07) is 14.4. The van der Waals surface area contributed by atoms with E-state index in [9.17, 15) is 14.9 Å². The minimum Gasteiger partial charge on any atom is -0.494 e. The van der Waals surface area contributed by atoms with Crippen molar-refractivity contribution >= 4 is 17.3 Å². The minimum absolute atomic E-state index is 0.0207. The molecule has 0 radical (unpaired) electrons. The fourth-order valence-electron chi connectivity index (χ4n) is 3.94. The molecule has 172 valence electrons. The Morgan fingerprint density at radius 3 is 2.44 bits per heavy atom. The van der Waals surface area contributed by atoms with Crippen molar-refractivity contribution in [2.75, 3.05) is 38.2 Å². The van der Waals surface area contributed by atoms with Crippen molar-refractivity contribution in [2.45, 2.75) is 38.0 Å². The Bertz CT molecular complexity index is 878. The third-order valence-electron chi connectivity index (χ3n) is 5.84. The van der Waals surface area contributed by atoms with Gasteiger partial charge in [-0.2, -0.15) is 0 Å². The molecule has 0 atom stereocenters. The number of nitro benzene ring substituents is 1. The van der Waals surface area contributed by atoms with E-state index in [0.29, 0.717) is 45.8 Å². The second kappa shape index (κ2) is 11.5. The average molecular weight is 442 g/mol. The molecule has 1 saturated heterocycles. The van der Waals surface area contributed by atoms with Crippen LogP contribution in [0.1, 0.15) is 38.2 Å². The molecule has 0 aromatic heterocycles. The zero-order valence-electron chi connectivity index (χ0n) is 18.5. The van der Waals surface area contributed by atoms with E-state index in [2.05, 4.69) is 22.8 Å². The summed E-state index contributed by atoms with van der Waals surface area (Å²) in [5, 5.41) is 17.0. The van der Waals surface area contributed by atoms with Crippen LogP contribution in [0.3, 0.4) is 0 Å². The SMILES string of the molecule is CCOc1ccc(C2(CNC(=O)CCCNc3ccc([N+](=O)[O-])cc3)CCOCC2)cc1. The molecule has 2 N–H and O–H groups in total. The van der Waals surface area contributed by atoms with Crippen LogP contribution in [-0.4, -0.2) is 43.7 Å². The molecule has 32 heavy (non-hydrogen) atoms. The van der Waals surface area contributed by atoms with Crippen molar-refractivity contribution in [1.29, 1.82) is 0 Å². The van der Waals surface area contributed by atoms with Gasteiger partial charge in [-0.3, -0.25) is 14.9 Å². The van der Waals surface area contributed by atoms with Gasteiger partial charge >= 0.3 is 0 Å². The second-order valence-corrected chi connectivity index (χ2v) is 7.96. The lowest BCUT2D eigenvalue weighted by Crippen LogP contribution is -2.44. The van der Waals surface area contributed by atoms with Crippen molar-refractivity contribution < 1.29 is 19.2 Å². The predicted octanol–water partition coefficient (Wildman–Crippen LogP) is 4.05. The quantitative estimate of drug-likeness (QED) is 0.310. The summed E-state index contributed by atoms with van der Waals surface area (Å²) in [7, 11) is 0. The Labute approximate surface area is 188 Å². The van der Waals surface area contributed by atoms with Crippen LogP contribution < -0.4 is 15.4 Å². The molecular formula is C24H31N3O5. The smallest absolute Gasteiger partial charge is 0.269 e. The Balaban J connectivity index is 1.47. The van der Waals surface area contributed by atoms with Crippen molar-refractivity contribution in [3.05, 3.63) is 64.2 Å². The Morgan fingerprint density at radius 2 is 1.81 bits per heavy atom. The van der Waals surface area contributed by atoms with Crippen molar-refractivity contribution in [3.63, 3.8) is 0 Å². The number of benzene rings is 2. The van der Waals surface area contributed by atoms with E-state index >= 15 is 0 Å². The molecule has 1 amide bonds. The van der Waals surface area contributed by atoms with Gasteiger partial charge in [0.15, 0.2) is 0 Å². The van der Waals surface area contributed by atoms with E-state index in [1.165, 1.54) is 17.7 Å². The molecule has 2 aromatic rings. The number of nitrogens with one attached hydrogen (secondary N) is 2. The van der Waals surface area contributed by atoms with E-state index in [0.717, 1.165) is 24.3 Å². The molecule has 2 aromatic carbocycles. The highest BCUT2D eigenvalue weighted by Gasteiger charge is 2.34. The lowest BCUT2D eigenvalue weighted by atomic mass is 9.74. The first kappa shape index (κ1) is 23.5.